The Bertz CT molecular complexity index is 971. The first kappa shape index (κ1) is 21.3. The van der Waals surface area contributed by atoms with Gasteiger partial charge in [0.1, 0.15) is 11.4 Å². The van der Waals surface area contributed by atoms with E-state index in [0.29, 0.717) is 5.82 Å². The highest BCUT2D eigenvalue weighted by Crippen LogP contribution is 2.19. The Morgan fingerprint density at radius 1 is 1.07 bits per heavy atom. The average molecular weight is 406 g/mol. The molecule has 0 saturated carbocycles. The number of esters is 1. The number of nitrogens with zero attached hydrogens (tertiary/aromatic N) is 2. The van der Waals surface area contributed by atoms with Gasteiger partial charge in [0.05, 0.1) is 19.3 Å². The van der Waals surface area contributed by atoms with Crippen LogP contribution in [0.1, 0.15) is 34.5 Å². The number of aryl methyl sites for hydroxylation is 1. The van der Waals surface area contributed by atoms with Crippen molar-refractivity contribution in [2.24, 2.45) is 7.05 Å². The zero-order valence-electron chi connectivity index (χ0n) is 17.2. The van der Waals surface area contributed by atoms with E-state index in [1.807, 2.05) is 48.5 Å². The third kappa shape index (κ3) is 5.55. The van der Waals surface area contributed by atoms with Crippen LogP contribution >= 0.6 is 0 Å². The van der Waals surface area contributed by atoms with Crippen LogP contribution in [0.5, 0.6) is 0 Å². The minimum atomic E-state index is -0.514. The molecule has 1 amide bonds. The van der Waals surface area contributed by atoms with Crippen LogP contribution in [0.4, 0.5) is 5.82 Å². The Kier molecular flexibility index (Phi) is 7.34. The minimum Gasteiger partial charge on any atom is -0.462 e. The predicted octanol–water partition coefficient (Wildman–Crippen LogP) is 3.11. The summed E-state index contributed by atoms with van der Waals surface area (Å²) in [4.78, 5) is 24.7. The fourth-order valence-electron chi connectivity index (χ4n) is 3.18. The number of benzene rings is 2. The molecular formula is C23H26N4O3. The fourth-order valence-corrected chi connectivity index (χ4v) is 3.18. The van der Waals surface area contributed by atoms with Crippen molar-refractivity contribution in [3.63, 3.8) is 0 Å². The number of anilines is 1. The van der Waals surface area contributed by atoms with Crippen molar-refractivity contribution in [2.75, 3.05) is 18.5 Å². The number of nitrogens with one attached hydrogen (secondary N) is 2. The molecule has 2 aromatic carbocycles. The first-order valence-corrected chi connectivity index (χ1v) is 9.89. The van der Waals surface area contributed by atoms with Gasteiger partial charge >= 0.3 is 5.97 Å². The highest BCUT2D eigenvalue weighted by atomic mass is 16.5. The molecule has 0 fully saturated rings. The summed E-state index contributed by atoms with van der Waals surface area (Å²) < 4.78 is 6.47. The Morgan fingerprint density at radius 2 is 1.73 bits per heavy atom. The third-order valence-electron chi connectivity index (χ3n) is 4.69. The Labute approximate surface area is 176 Å². The molecular weight excluding hydrogens is 380 g/mol. The summed E-state index contributed by atoms with van der Waals surface area (Å²) in [7, 11) is 1.66. The maximum absolute atomic E-state index is 12.6. The Balaban J connectivity index is 1.68. The summed E-state index contributed by atoms with van der Waals surface area (Å²) in [5, 5.41) is 10.2. The first-order chi connectivity index (χ1) is 14.6. The number of rotatable bonds is 9. The fraction of sp³-hybridized carbons (Fsp3) is 0.261. The van der Waals surface area contributed by atoms with E-state index in [9.17, 15) is 9.59 Å². The van der Waals surface area contributed by atoms with Crippen LogP contribution in [-0.2, 0) is 23.0 Å². The van der Waals surface area contributed by atoms with E-state index in [1.165, 1.54) is 16.4 Å². The van der Waals surface area contributed by atoms with Gasteiger partial charge in [0, 0.05) is 13.1 Å². The van der Waals surface area contributed by atoms with Crippen molar-refractivity contribution in [1.29, 1.82) is 0 Å². The van der Waals surface area contributed by atoms with Gasteiger partial charge in [0.15, 0.2) is 0 Å². The van der Waals surface area contributed by atoms with E-state index >= 15 is 0 Å². The molecule has 1 aromatic heterocycles. The summed E-state index contributed by atoms with van der Waals surface area (Å²) >= 11 is 0. The molecule has 0 radical (unpaired) electrons. The molecule has 1 atom stereocenters. The lowest BCUT2D eigenvalue weighted by Gasteiger charge is -2.19. The number of hydrogen-bond donors (Lipinski definition) is 2. The lowest BCUT2D eigenvalue weighted by Crippen LogP contribution is -2.33. The van der Waals surface area contributed by atoms with E-state index in [-0.39, 0.29) is 30.7 Å². The van der Waals surface area contributed by atoms with Crippen molar-refractivity contribution < 1.29 is 14.3 Å². The zero-order valence-corrected chi connectivity index (χ0v) is 17.2. The van der Waals surface area contributed by atoms with E-state index in [4.69, 9.17) is 4.74 Å². The molecule has 0 saturated heterocycles. The van der Waals surface area contributed by atoms with Gasteiger partial charge in [-0.15, -0.1) is 0 Å². The smallest absolute Gasteiger partial charge is 0.343 e. The number of amides is 1. The van der Waals surface area contributed by atoms with E-state index < -0.39 is 5.97 Å². The molecule has 3 aromatic rings. The molecule has 7 nitrogen and oxygen atoms in total. The van der Waals surface area contributed by atoms with Crippen LogP contribution in [-0.4, -0.2) is 34.8 Å². The molecule has 7 heteroatoms. The molecule has 0 aliphatic rings. The first-order valence-electron chi connectivity index (χ1n) is 9.89. The van der Waals surface area contributed by atoms with Gasteiger partial charge in [-0.05, 0) is 24.5 Å². The number of aromatic nitrogens is 2. The average Bonchev–Trinajstić information content (AvgIpc) is 3.13. The summed E-state index contributed by atoms with van der Waals surface area (Å²) in [6, 6.07) is 20.1. The van der Waals surface area contributed by atoms with E-state index in [2.05, 4.69) is 27.9 Å². The summed E-state index contributed by atoms with van der Waals surface area (Å²) in [6.45, 7) is 2.06. The second-order valence-corrected chi connectivity index (χ2v) is 6.83. The summed E-state index contributed by atoms with van der Waals surface area (Å²) in [6.07, 6.45) is 2.14. The topological polar surface area (TPSA) is 85.2 Å². The maximum atomic E-state index is 12.6. The number of carbonyl (C=O) groups is 2. The molecule has 30 heavy (non-hydrogen) atoms. The number of hydrogen-bond acceptors (Lipinski definition) is 5. The zero-order chi connectivity index (χ0) is 21.3. The normalized spacial score (nSPS) is 11.7. The highest BCUT2D eigenvalue weighted by Gasteiger charge is 2.20. The van der Waals surface area contributed by atoms with Gasteiger partial charge in [-0.25, -0.2) is 4.79 Å². The number of ether oxygens (including phenoxy) is 1. The Morgan fingerprint density at radius 3 is 2.40 bits per heavy atom. The third-order valence-corrected chi connectivity index (χ3v) is 4.69. The molecule has 1 heterocycles. The molecule has 156 valence electrons. The summed E-state index contributed by atoms with van der Waals surface area (Å²) in [5.41, 5.74) is 2.51. The second kappa shape index (κ2) is 10.4. The van der Waals surface area contributed by atoms with E-state index in [1.54, 1.807) is 14.0 Å². The van der Waals surface area contributed by atoms with Gasteiger partial charge in [0.25, 0.3) is 0 Å². The predicted molar refractivity (Wildman–Crippen MR) is 115 cm³/mol. The van der Waals surface area contributed by atoms with Crippen LogP contribution in [0.25, 0.3) is 0 Å². The van der Waals surface area contributed by atoms with Gasteiger partial charge in [0.2, 0.25) is 5.91 Å². The summed E-state index contributed by atoms with van der Waals surface area (Å²) in [5.74, 6) is -0.460. The molecule has 3 rings (SSSR count). The van der Waals surface area contributed by atoms with Crippen molar-refractivity contribution in [3.8, 4) is 0 Å². The van der Waals surface area contributed by atoms with Crippen LogP contribution in [0, 0.1) is 0 Å². The van der Waals surface area contributed by atoms with E-state index in [0.717, 1.165) is 12.0 Å². The van der Waals surface area contributed by atoms with Crippen molar-refractivity contribution >= 4 is 17.7 Å². The van der Waals surface area contributed by atoms with Gasteiger partial charge in [-0.3, -0.25) is 9.48 Å². The second-order valence-electron chi connectivity index (χ2n) is 6.83. The van der Waals surface area contributed by atoms with Crippen molar-refractivity contribution in [2.45, 2.75) is 19.4 Å². The monoisotopic (exact) mass is 406 g/mol. The molecule has 2 N–H and O–H groups in total. The molecule has 0 spiro atoms. The van der Waals surface area contributed by atoms with Crippen molar-refractivity contribution in [1.82, 2.24) is 15.1 Å². The quantitative estimate of drug-likeness (QED) is 0.534. The molecule has 0 aliphatic heterocycles. The Hall–Kier alpha value is -3.45. The van der Waals surface area contributed by atoms with Gasteiger partial charge < -0.3 is 15.4 Å². The van der Waals surface area contributed by atoms with Crippen LogP contribution in [0.3, 0.4) is 0 Å². The van der Waals surface area contributed by atoms with Crippen LogP contribution in [0.2, 0.25) is 0 Å². The van der Waals surface area contributed by atoms with Crippen LogP contribution in [0.15, 0.2) is 66.9 Å². The molecule has 0 bridgehead atoms. The van der Waals surface area contributed by atoms with Crippen molar-refractivity contribution in [3.05, 3.63) is 83.6 Å². The highest BCUT2D eigenvalue weighted by molar-refractivity contribution is 6.00. The SMILES string of the molecule is CCOC(=O)c1cnn(C)c1NC(=O)CNC(Cc1ccccc1)c1ccccc1. The lowest BCUT2D eigenvalue weighted by molar-refractivity contribution is -0.115. The lowest BCUT2D eigenvalue weighted by atomic mass is 9.99. The van der Waals surface area contributed by atoms with Gasteiger partial charge in [-0.2, -0.15) is 5.10 Å². The maximum Gasteiger partial charge on any atom is 0.343 e. The van der Waals surface area contributed by atoms with Crippen LogP contribution < -0.4 is 10.6 Å². The molecule has 1 unspecified atom stereocenters. The standard InChI is InChI=1S/C23H26N4O3/c1-3-30-23(29)19-15-25-27(2)22(19)26-21(28)16-24-20(18-12-8-5-9-13-18)14-17-10-6-4-7-11-17/h4-13,15,20,24H,3,14,16H2,1-2H3,(H,26,28). The molecule has 0 aliphatic carbocycles. The largest absolute Gasteiger partial charge is 0.462 e. The number of carbonyl (C=O) groups excluding carboxylic acids is 2. The van der Waals surface area contributed by atoms with Gasteiger partial charge in [-0.1, -0.05) is 60.7 Å². The minimum absolute atomic E-state index is 0.0320.